The molecule has 130 valence electrons. The Hall–Kier alpha value is -1.55. The smallest absolute Gasteiger partial charge is 0.243 e. The zero-order valence-electron chi connectivity index (χ0n) is 13.3. The molecule has 0 bridgehead atoms. The van der Waals surface area contributed by atoms with Crippen molar-refractivity contribution in [2.75, 3.05) is 26.2 Å². The van der Waals surface area contributed by atoms with E-state index in [0.717, 1.165) is 4.77 Å². The van der Waals surface area contributed by atoms with Crippen LogP contribution < -0.4 is 0 Å². The van der Waals surface area contributed by atoms with Crippen molar-refractivity contribution in [3.8, 4) is 0 Å². The predicted octanol–water partition coefficient (Wildman–Crippen LogP) is 1.66. The Morgan fingerprint density at radius 2 is 1.71 bits per heavy atom. The summed E-state index contributed by atoms with van der Waals surface area (Å²) in [5.74, 6) is -0.446. The number of benzene rings is 1. The zero-order valence-corrected chi connectivity index (χ0v) is 14.9. The number of hydrogen-bond acceptors (Lipinski definition) is 4. The normalized spacial score (nSPS) is 17.2. The second-order valence-corrected chi connectivity index (χ2v) is 8.08. The van der Waals surface area contributed by atoms with Crippen LogP contribution in [0.15, 0.2) is 41.6 Å². The molecule has 0 radical (unpaired) electrons. The van der Waals surface area contributed by atoms with E-state index in [9.17, 15) is 12.8 Å². The molecular formula is C15H19FN4O2S2. The van der Waals surface area contributed by atoms with Crippen LogP contribution in [-0.2, 0) is 23.7 Å². The number of aromatic nitrogens is 2. The molecule has 3 rings (SSSR count). The van der Waals surface area contributed by atoms with E-state index in [1.165, 1.54) is 28.6 Å². The third-order valence-corrected chi connectivity index (χ3v) is 6.59. The van der Waals surface area contributed by atoms with E-state index in [1.807, 2.05) is 28.6 Å². The van der Waals surface area contributed by atoms with E-state index in [0.29, 0.717) is 32.8 Å². The molecule has 2 aromatic rings. The van der Waals surface area contributed by atoms with Crippen LogP contribution in [0.5, 0.6) is 0 Å². The number of rotatable bonds is 4. The summed E-state index contributed by atoms with van der Waals surface area (Å²) in [6, 6.07) is 4.95. The highest BCUT2D eigenvalue weighted by molar-refractivity contribution is 7.89. The van der Waals surface area contributed by atoms with Crippen molar-refractivity contribution in [2.24, 2.45) is 7.05 Å². The third kappa shape index (κ3) is 3.44. The Morgan fingerprint density at radius 3 is 2.25 bits per heavy atom. The van der Waals surface area contributed by atoms with Gasteiger partial charge in [-0.15, -0.1) is 0 Å². The van der Waals surface area contributed by atoms with E-state index in [4.69, 9.17) is 12.2 Å². The number of hydrogen-bond donors (Lipinski definition) is 0. The van der Waals surface area contributed by atoms with Gasteiger partial charge in [0.05, 0.1) is 11.6 Å². The molecule has 0 spiro atoms. The van der Waals surface area contributed by atoms with Crippen LogP contribution in [-0.4, -0.2) is 52.9 Å². The molecule has 1 saturated heterocycles. The van der Waals surface area contributed by atoms with Gasteiger partial charge in [0.25, 0.3) is 0 Å². The number of nitrogens with zero attached hydrogens (tertiary/aromatic N) is 4. The highest BCUT2D eigenvalue weighted by Gasteiger charge is 2.28. The molecule has 1 aromatic heterocycles. The number of aryl methyl sites for hydroxylation is 1. The summed E-state index contributed by atoms with van der Waals surface area (Å²) in [4.78, 5) is 2.29. The molecule has 1 aromatic carbocycles. The largest absolute Gasteiger partial charge is 0.327 e. The molecule has 0 atom stereocenters. The molecule has 2 heterocycles. The van der Waals surface area contributed by atoms with Gasteiger partial charge in [0.2, 0.25) is 10.0 Å². The average molecular weight is 370 g/mol. The molecule has 1 aliphatic rings. The van der Waals surface area contributed by atoms with Crippen molar-refractivity contribution in [1.29, 1.82) is 0 Å². The van der Waals surface area contributed by atoms with E-state index < -0.39 is 15.8 Å². The molecule has 0 unspecified atom stereocenters. The standard InChI is InChI=1S/C15H19FN4O2S2/c1-17-6-9-19(15(17)23)12-18-7-10-20(11-8-18)24(21,22)14-4-2-13(16)3-5-14/h2-6,9H,7-8,10-12H2,1H3. The molecular weight excluding hydrogens is 351 g/mol. The SMILES string of the molecule is Cn1ccn(CN2CCN(S(=O)(=O)c3ccc(F)cc3)CC2)c1=S. The lowest BCUT2D eigenvalue weighted by Gasteiger charge is -2.34. The minimum absolute atomic E-state index is 0.127. The average Bonchev–Trinajstić information content (AvgIpc) is 2.88. The molecule has 0 aliphatic carbocycles. The van der Waals surface area contributed by atoms with Crippen molar-refractivity contribution in [3.05, 3.63) is 47.2 Å². The molecule has 9 heteroatoms. The Kier molecular flexibility index (Phi) is 4.86. The van der Waals surface area contributed by atoms with Gasteiger partial charge in [0, 0.05) is 45.6 Å². The second kappa shape index (κ2) is 6.75. The monoisotopic (exact) mass is 370 g/mol. The van der Waals surface area contributed by atoms with Crippen molar-refractivity contribution in [2.45, 2.75) is 11.6 Å². The van der Waals surface area contributed by atoms with E-state index >= 15 is 0 Å². The fourth-order valence-electron chi connectivity index (χ4n) is 2.70. The number of halogens is 1. The van der Waals surface area contributed by atoms with E-state index in [-0.39, 0.29) is 4.90 Å². The van der Waals surface area contributed by atoms with Crippen molar-refractivity contribution < 1.29 is 12.8 Å². The van der Waals surface area contributed by atoms with Gasteiger partial charge in [-0.3, -0.25) is 4.90 Å². The first-order valence-corrected chi connectivity index (χ1v) is 9.42. The number of piperazine rings is 1. The number of sulfonamides is 1. The Bertz CT molecular complexity index is 866. The summed E-state index contributed by atoms with van der Waals surface area (Å²) in [7, 11) is -1.68. The summed E-state index contributed by atoms with van der Waals surface area (Å²) in [5.41, 5.74) is 0. The second-order valence-electron chi connectivity index (χ2n) is 5.78. The van der Waals surface area contributed by atoms with Crippen LogP contribution in [0.3, 0.4) is 0 Å². The van der Waals surface area contributed by atoms with Gasteiger partial charge in [-0.2, -0.15) is 4.31 Å². The zero-order chi connectivity index (χ0) is 17.3. The summed E-state index contributed by atoms with van der Waals surface area (Å²) in [6.45, 7) is 2.69. The molecule has 0 saturated carbocycles. The maximum absolute atomic E-state index is 13.0. The third-order valence-electron chi connectivity index (χ3n) is 4.15. The van der Waals surface area contributed by atoms with Crippen LogP contribution in [0.4, 0.5) is 4.39 Å². The lowest BCUT2D eigenvalue weighted by molar-refractivity contribution is 0.151. The van der Waals surface area contributed by atoms with Gasteiger partial charge in [-0.1, -0.05) is 0 Å². The Morgan fingerprint density at radius 1 is 1.08 bits per heavy atom. The minimum Gasteiger partial charge on any atom is -0.327 e. The van der Waals surface area contributed by atoms with Gasteiger partial charge >= 0.3 is 0 Å². The molecule has 1 fully saturated rings. The summed E-state index contributed by atoms with van der Waals surface area (Å²) in [5, 5.41) is 0. The van der Waals surface area contributed by atoms with E-state index in [2.05, 4.69) is 4.90 Å². The quantitative estimate of drug-likeness (QED) is 0.768. The lowest BCUT2D eigenvalue weighted by atomic mass is 10.4. The van der Waals surface area contributed by atoms with Gasteiger partial charge in [-0.05, 0) is 36.5 Å². The lowest BCUT2D eigenvalue weighted by Crippen LogP contribution is -2.48. The van der Waals surface area contributed by atoms with Gasteiger partial charge in [-0.25, -0.2) is 12.8 Å². The van der Waals surface area contributed by atoms with Gasteiger partial charge in [0.15, 0.2) is 4.77 Å². The fraction of sp³-hybridized carbons (Fsp3) is 0.400. The summed E-state index contributed by atoms with van der Waals surface area (Å²) in [6.07, 6.45) is 3.82. The van der Waals surface area contributed by atoms with Crippen LogP contribution in [0.25, 0.3) is 0 Å². The molecule has 6 nitrogen and oxygen atoms in total. The molecule has 0 amide bonds. The fourth-order valence-corrected chi connectivity index (χ4v) is 4.30. The maximum Gasteiger partial charge on any atom is 0.243 e. The first-order chi connectivity index (χ1) is 11.4. The predicted molar refractivity (Wildman–Crippen MR) is 91.0 cm³/mol. The first-order valence-electron chi connectivity index (χ1n) is 7.58. The summed E-state index contributed by atoms with van der Waals surface area (Å²) < 4.78 is 44.1. The summed E-state index contributed by atoms with van der Waals surface area (Å²) >= 11 is 5.31. The van der Waals surface area contributed by atoms with Crippen LogP contribution in [0.1, 0.15) is 0 Å². The molecule has 1 aliphatic heterocycles. The highest BCUT2D eigenvalue weighted by Crippen LogP contribution is 2.18. The van der Waals surface area contributed by atoms with Crippen molar-refractivity contribution >= 4 is 22.2 Å². The Balaban J connectivity index is 1.65. The highest BCUT2D eigenvalue weighted by atomic mass is 32.2. The molecule has 24 heavy (non-hydrogen) atoms. The van der Waals surface area contributed by atoms with Crippen molar-refractivity contribution in [3.63, 3.8) is 0 Å². The molecule has 0 N–H and O–H groups in total. The maximum atomic E-state index is 13.0. The Labute approximate surface area is 145 Å². The number of imidazole rings is 1. The van der Waals surface area contributed by atoms with Gasteiger partial charge in [0.1, 0.15) is 5.82 Å². The minimum atomic E-state index is -3.57. The van der Waals surface area contributed by atoms with Crippen LogP contribution >= 0.6 is 12.2 Å². The van der Waals surface area contributed by atoms with E-state index in [1.54, 1.807) is 0 Å². The van der Waals surface area contributed by atoms with Crippen LogP contribution in [0, 0.1) is 10.6 Å². The van der Waals surface area contributed by atoms with Crippen LogP contribution in [0.2, 0.25) is 0 Å². The first kappa shape index (κ1) is 17.3. The van der Waals surface area contributed by atoms with Crippen molar-refractivity contribution in [1.82, 2.24) is 18.3 Å². The topological polar surface area (TPSA) is 50.5 Å². The van der Waals surface area contributed by atoms with Gasteiger partial charge < -0.3 is 9.13 Å².